The summed E-state index contributed by atoms with van der Waals surface area (Å²) in [5, 5.41) is 12.5. The average molecular weight is 295 g/mol. The van der Waals surface area contributed by atoms with E-state index in [9.17, 15) is 9.90 Å². The van der Waals surface area contributed by atoms with E-state index in [1.807, 2.05) is 31.0 Å². The molecule has 4 N–H and O–H groups in total. The lowest BCUT2D eigenvalue weighted by atomic mass is 10.1. The molecule has 0 radical (unpaired) electrons. The molecule has 21 heavy (non-hydrogen) atoms. The number of hydrogen-bond donors (Lipinski definition) is 3. The molecule has 0 saturated heterocycles. The molecule has 0 aromatic heterocycles. The van der Waals surface area contributed by atoms with Crippen molar-refractivity contribution in [3.05, 3.63) is 23.8 Å². The third-order valence-electron chi connectivity index (χ3n) is 3.25. The van der Waals surface area contributed by atoms with Gasteiger partial charge in [-0.25, -0.2) is 0 Å². The Kier molecular flexibility index (Phi) is 7.14. The van der Waals surface area contributed by atoms with E-state index in [4.69, 9.17) is 10.5 Å². The Hall–Kier alpha value is -1.63. The molecule has 0 bridgehead atoms. The van der Waals surface area contributed by atoms with Crippen LogP contribution in [-0.2, 0) is 9.53 Å². The van der Waals surface area contributed by atoms with Crippen molar-refractivity contribution in [1.82, 2.24) is 4.90 Å². The molecule has 6 heteroatoms. The van der Waals surface area contributed by atoms with Gasteiger partial charge in [0.25, 0.3) is 0 Å². The second kappa shape index (κ2) is 8.61. The predicted octanol–water partition coefficient (Wildman–Crippen LogP) is 0.845. The number of benzene rings is 1. The highest BCUT2D eigenvalue weighted by Crippen LogP contribution is 2.20. The molecule has 0 fully saturated rings. The van der Waals surface area contributed by atoms with Gasteiger partial charge in [0.1, 0.15) is 0 Å². The van der Waals surface area contributed by atoms with E-state index in [2.05, 4.69) is 5.32 Å². The van der Waals surface area contributed by atoms with E-state index >= 15 is 0 Å². The number of hydrogen-bond acceptors (Lipinski definition) is 5. The molecule has 1 amide bonds. The summed E-state index contributed by atoms with van der Waals surface area (Å²) in [6.45, 7) is 3.20. The summed E-state index contributed by atoms with van der Waals surface area (Å²) in [5.74, 6) is -0.0724. The zero-order valence-corrected chi connectivity index (χ0v) is 12.9. The smallest absolute Gasteiger partial charge is 0.225 e. The highest BCUT2D eigenvalue weighted by atomic mass is 16.5. The van der Waals surface area contributed by atoms with Crippen LogP contribution < -0.4 is 11.1 Å². The second-order valence-electron chi connectivity index (χ2n) is 5.19. The molecule has 1 unspecified atom stereocenters. The molecule has 0 saturated carbocycles. The molecule has 1 atom stereocenters. The van der Waals surface area contributed by atoms with E-state index in [0.29, 0.717) is 31.8 Å². The number of carbonyl (C=O) groups is 1. The summed E-state index contributed by atoms with van der Waals surface area (Å²) in [5.41, 5.74) is 8.07. The number of likely N-dealkylation sites (N-methyl/N-ethyl adjacent to an activating group) is 1. The number of aliphatic hydroxyl groups is 1. The van der Waals surface area contributed by atoms with Crippen LogP contribution in [-0.4, -0.2) is 55.9 Å². The molecular weight excluding hydrogens is 270 g/mol. The maximum atomic E-state index is 11.9. The van der Waals surface area contributed by atoms with Crippen molar-refractivity contribution in [2.75, 3.05) is 44.9 Å². The summed E-state index contributed by atoms with van der Waals surface area (Å²) in [6, 6.07) is 5.44. The number of aliphatic hydroxyl groups excluding tert-OH is 1. The van der Waals surface area contributed by atoms with Gasteiger partial charge in [-0.1, -0.05) is 6.07 Å². The van der Waals surface area contributed by atoms with Crippen LogP contribution in [0, 0.1) is 6.92 Å². The maximum Gasteiger partial charge on any atom is 0.225 e. The van der Waals surface area contributed by atoms with Crippen LogP contribution in [0.5, 0.6) is 0 Å². The fourth-order valence-electron chi connectivity index (χ4n) is 1.99. The summed E-state index contributed by atoms with van der Waals surface area (Å²) in [4.78, 5) is 13.8. The fraction of sp³-hybridized carbons (Fsp3) is 0.533. The first kappa shape index (κ1) is 17.4. The minimum atomic E-state index is -0.542. The van der Waals surface area contributed by atoms with Crippen LogP contribution in [0.25, 0.3) is 0 Å². The molecule has 0 spiro atoms. The minimum absolute atomic E-state index is 0.0724. The molecule has 0 aliphatic heterocycles. The zero-order chi connectivity index (χ0) is 15.8. The van der Waals surface area contributed by atoms with E-state index in [1.165, 1.54) is 0 Å². The van der Waals surface area contributed by atoms with Gasteiger partial charge in [-0.15, -0.1) is 0 Å². The molecular formula is C15H25N3O3. The Labute approximate surface area is 125 Å². The van der Waals surface area contributed by atoms with Crippen LogP contribution in [0.3, 0.4) is 0 Å². The molecule has 6 nitrogen and oxygen atoms in total. The highest BCUT2D eigenvalue weighted by Gasteiger charge is 2.11. The number of carbonyl (C=O) groups excluding carboxylic acids is 1. The number of methoxy groups -OCH3 is 1. The molecule has 1 aromatic rings. The zero-order valence-electron chi connectivity index (χ0n) is 12.9. The van der Waals surface area contributed by atoms with Gasteiger partial charge in [0, 0.05) is 38.0 Å². The largest absolute Gasteiger partial charge is 0.398 e. The first-order chi connectivity index (χ1) is 9.93. The van der Waals surface area contributed by atoms with Gasteiger partial charge in [0.2, 0.25) is 5.91 Å². The number of rotatable bonds is 8. The standard InChI is InChI=1S/C15H25N3O3/c1-11-13(16)5-4-6-14(11)17-15(20)7-8-18(2)9-12(19)10-21-3/h4-6,12,19H,7-10,16H2,1-3H3,(H,17,20). The lowest BCUT2D eigenvalue weighted by Crippen LogP contribution is -2.33. The topological polar surface area (TPSA) is 87.8 Å². The normalized spacial score (nSPS) is 12.4. The Morgan fingerprint density at radius 2 is 2.24 bits per heavy atom. The van der Waals surface area contributed by atoms with Gasteiger partial charge in [0.05, 0.1) is 12.7 Å². The maximum absolute atomic E-state index is 11.9. The number of nitrogen functional groups attached to an aromatic ring is 1. The van der Waals surface area contributed by atoms with Crippen molar-refractivity contribution >= 4 is 17.3 Å². The average Bonchev–Trinajstić information content (AvgIpc) is 2.42. The molecule has 1 aromatic carbocycles. The lowest BCUT2D eigenvalue weighted by Gasteiger charge is -2.20. The predicted molar refractivity (Wildman–Crippen MR) is 84.2 cm³/mol. The van der Waals surface area contributed by atoms with E-state index in [-0.39, 0.29) is 5.91 Å². The Balaban J connectivity index is 2.39. The van der Waals surface area contributed by atoms with Gasteiger partial charge < -0.3 is 25.8 Å². The van der Waals surface area contributed by atoms with Crippen LogP contribution in [0.15, 0.2) is 18.2 Å². The Morgan fingerprint density at radius 3 is 2.90 bits per heavy atom. The number of nitrogens with one attached hydrogen (secondary N) is 1. The first-order valence-electron chi connectivity index (χ1n) is 6.94. The van der Waals surface area contributed by atoms with E-state index in [1.54, 1.807) is 13.2 Å². The quantitative estimate of drug-likeness (QED) is 0.619. The Bertz CT molecular complexity index is 465. The SMILES string of the molecule is COCC(O)CN(C)CCC(=O)Nc1cccc(N)c1C. The van der Waals surface area contributed by atoms with Gasteiger partial charge in [-0.3, -0.25) is 4.79 Å². The van der Waals surface area contributed by atoms with Gasteiger partial charge in [-0.05, 0) is 31.7 Å². The highest BCUT2D eigenvalue weighted by molar-refractivity contribution is 5.92. The molecule has 118 valence electrons. The monoisotopic (exact) mass is 295 g/mol. The fourth-order valence-corrected chi connectivity index (χ4v) is 1.99. The van der Waals surface area contributed by atoms with Gasteiger partial charge >= 0.3 is 0 Å². The summed E-state index contributed by atoms with van der Waals surface area (Å²) < 4.78 is 4.87. The summed E-state index contributed by atoms with van der Waals surface area (Å²) in [7, 11) is 3.41. The van der Waals surface area contributed by atoms with Crippen LogP contribution >= 0.6 is 0 Å². The number of anilines is 2. The Morgan fingerprint density at radius 1 is 1.52 bits per heavy atom. The van der Waals surface area contributed by atoms with Crippen molar-refractivity contribution in [3.8, 4) is 0 Å². The molecule has 0 aliphatic carbocycles. The molecule has 1 rings (SSSR count). The van der Waals surface area contributed by atoms with E-state index < -0.39 is 6.10 Å². The minimum Gasteiger partial charge on any atom is -0.398 e. The van der Waals surface area contributed by atoms with Crippen molar-refractivity contribution in [2.45, 2.75) is 19.4 Å². The van der Waals surface area contributed by atoms with Crippen LogP contribution in [0.2, 0.25) is 0 Å². The van der Waals surface area contributed by atoms with Crippen molar-refractivity contribution in [1.29, 1.82) is 0 Å². The van der Waals surface area contributed by atoms with E-state index in [0.717, 1.165) is 11.3 Å². The number of amides is 1. The third-order valence-corrected chi connectivity index (χ3v) is 3.25. The van der Waals surface area contributed by atoms with Gasteiger partial charge in [0.15, 0.2) is 0 Å². The molecule has 0 aliphatic rings. The molecule has 0 heterocycles. The number of nitrogens with zero attached hydrogens (tertiary/aromatic N) is 1. The van der Waals surface area contributed by atoms with Crippen molar-refractivity contribution in [2.24, 2.45) is 0 Å². The second-order valence-corrected chi connectivity index (χ2v) is 5.19. The summed E-state index contributed by atoms with van der Waals surface area (Å²) >= 11 is 0. The number of ether oxygens (including phenoxy) is 1. The summed E-state index contributed by atoms with van der Waals surface area (Å²) in [6.07, 6.45) is -0.191. The van der Waals surface area contributed by atoms with Crippen LogP contribution in [0.1, 0.15) is 12.0 Å². The van der Waals surface area contributed by atoms with Crippen LogP contribution in [0.4, 0.5) is 11.4 Å². The van der Waals surface area contributed by atoms with Crippen molar-refractivity contribution in [3.63, 3.8) is 0 Å². The number of nitrogens with two attached hydrogens (primary N) is 1. The lowest BCUT2D eigenvalue weighted by molar-refractivity contribution is -0.116. The first-order valence-corrected chi connectivity index (χ1v) is 6.94. The van der Waals surface area contributed by atoms with Gasteiger partial charge in [-0.2, -0.15) is 0 Å². The third kappa shape index (κ3) is 6.12. The van der Waals surface area contributed by atoms with Crippen molar-refractivity contribution < 1.29 is 14.6 Å².